The number of nitrogens with zero attached hydrogens (tertiary/aromatic N) is 1. The molecule has 1 fully saturated rings. The van der Waals surface area contributed by atoms with Crippen LogP contribution in [0.25, 0.3) is 10.9 Å². The third-order valence-electron chi connectivity index (χ3n) is 3.90. The maximum absolute atomic E-state index is 12.5. The fourth-order valence-corrected chi connectivity index (χ4v) is 2.90. The number of fused-ring (bicyclic) bond motifs is 1. The molecule has 4 heteroatoms. The van der Waals surface area contributed by atoms with E-state index < -0.39 is 0 Å². The van der Waals surface area contributed by atoms with Crippen LogP contribution in [0.5, 0.6) is 0 Å². The van der Waals surface area contributed by atoms with Crippen LogP contribution in [0.4, 0.5) is 5.69 Å². The Balaban J connectivity index is 2.00. The molecule has 1 saturated carbocycles. The van der Waals surface area contributed by atoms with Crippen molar-refractivity contribution in [3.05, 3.63) is 35.5 Å². The SMILES string of the molecule is Cc1cc(C(=O)NC2CCCC2)c2cc(N)ccc2n1. The Morgan fingerprint density at radius 2 is 2.05 bits per heavy atom. The van der Waals surface area contributed by atoms with Crippen LogP contribution in [0.3, 0.4) is 0 Å². The van der Waals surface area contributed by atoms with Gasteiger partial charge in [-0.1, -0.05) is 12.8 Å². The quantitative estimate of drug-likeness (QED) is 0.824. The minimum absolute atomic E-state index is 0.0157. The van der Waals surface area contributed by atoms with E-state index in [2.05, 4.69) is 10.3 Å². The number of amides is 1. The largest absolute Gasteiger partial charge is 0.399 e. The zero-order valence-electron chi connectivity index (χ0n) is 11.6. The number of nitrogens with one attached hydrogen (secondary N) is 1. The summed E-state index contributed by atoms with van der Waals surface area (Å²) in [4.78, 5) is 17.0. The molecule has 1 amide bonds. The van der Waals surface area contributed by atoms with Gasteiger partial charge >= 0.3 is 0 Å². The maximum atomic E-state index is 12.5. The van der Waals surface area contributed by atoms with Crippen molar-refractivity contribution < 1.29 is 4.79 Å². The molecular weight excluding hydrogens is 250 g/mol. The Morgan fingerprint density at radius 1 is 1.30 bits per heavy atom. The predicted molar refractivity (Wildman–Crippen MR) is 80.6 cm³/mol. The maximum Gasteiger partial charge on any atom is 0.252 e. The van der Waals surface area contributed by atoms with Gasteiger partial charge in [0.15, 0.2) is 0 Å². The standard InChI is InChI=1S/C16H19N3O/c1-10-8-14(16(20)19-12-4-2-3-5-12)13-9-11(17)6-7-15(13)18-10/h6-9,12H,2-5,17H2,1H3,(H,19,20). The predicted octanol–water partition coefficient (Wildman–Crippen LogP) is 2.80. The number of nitrogens with two attached hydrogens (primary N) is 1. The van der Waals surface area contributed by atoms with Crippen molar-refractivity contribution in [3.8, 4) is 0 Å². The monoisotopic (exact) mass is 269 g/mol. The molecule has 1 aromatic carbocycles. The Hall–Kier alpha value is -2.10. The molecule has 0 unspecified atom stereocenters. The molecule has 2 aromatic rings. The van der Waals surface area contributed by atoms with Crippen LogP contribution in [0.15, 0.2) is 24.3 Å². The molecule has 3 N–H and O–H groups in total. The van der Waals surface area contributed by atoms with Crippen molar-refractivity contribution in [2.45, 2.75) is 38.6 Å². The number of nitrogen functional groups attached to an aromatic ring is 1. The molecule has 3 rings (SSSR count). The van der Waals surface area contributed by atoms with Gasteiger partial charge in [0.25, 0.3) is 5.91 Å². The molecule has 0 aliphatic heterocycles. The Bertz CT molecular complexity index is 660. The van der Waals surface area contributed by atoms with Gasteiger partial charge in [-0.15, -0.1) is 0 Å². The van der Waals surface area contributed by atoms with Crippen molar-refractivity contribution in [2.75, 3.05) is 5.73 Å². The lowest BCUT2D eigenvalue weighted by Crippen LogP contribution is -2.32. The van der Waals surface area contributed by atoms with Crippen LogP contribution in [0.1, 0.15) is 41.7 Å². The number of anilines is 1. The summed E-state index contributed by atoms with van der Waals surface area (Å²) in [6.45, 7) is 1.90. The van der Waals surface area contributed by atoms with Crippen LogP contribution in [0.2, 0.25) is 0 Å². The molecule has 0 atom stereocenters. The number of hydrogen-bond acceptors (Lipinski definition) is 3. The van der Waals surface area contributed by atoms with Gasteiger partial charge in [-0.2, -0.15) is 0 Å². The van der Waals surface area contributed by atoms with Gasteiger partial charge in [-0.3, -0.25) is 9.78 Å². The minimum Gasteiger partial charge on any atom is -0.399 e. The molecule has 1 aliphatic carbocycles. The highest BCUT2D eigenvalue weighted by molar-refractivity contribution is 6.07. The Kier molecular flexibility index (Phi) is 3.30. The molecule has 4 nitrogen and oxygen atoms in total. The Morgan fingerprint density at radius 3 is 2.80 bits per heavy atom. The normalized spacial score (nSPS) is 15.7. The second-order valence-electron chi connectivity index (χ2n) is 5.54. The third-order valence-corrected chi connectivity index (χ3v) is 3.90. The van der Waals surface area contributed by atoms with Crippen LogP contribution >= 0.6 is 0 Å². The zero-order chi connectivity index (χ0) is 14.1. The van der Waals surface area contributed by atoms with E-state index in [0.717, 1.165) is 29.4 Å². The Labute approximate surface area is 118 Å². The molecule has 104 valence electrons. The highest BCUT2D eigenvalue weighted by Crippen LogP contribution is 2.23. The number of pyridine rings is 1. The van der Waals surface area contributed by atoms with Gasteiger partial charge < -0.3 is 11.1 Å². The molecular formula is C16H19N3O. The molecule has 0 spiro atoms. The first-order valence-corrected chi connectivity index (χ1v) is 7.11. The summed E-state index contributed by atoms with van der Waals surface area (Å²) >= 11 is 0. The summed E-state index contributed by atoms with van der Waals surface area (Å²) in [5.74, 6) is -0.0157. The molecule has 0 saturated heterocycles. The fourth-order valence-electron chi connectivity index (χ4n) is 2.90. The van der Waals surface area contributed by atoms with Crippen LogP contribution in [-0.2, 0) is 0 Å². The van der Waals surface area contributed by atoms with E-state index in [1.165, 1.54) is 12.8 Å². The first kappa shape index (κ1) is 12.9. The van der Waals surface area contributed by atoms with Gasteiger partial charge in [0, 0.05) is 22.8 Å². The van der Waals surface area contributed by atoms with Gasteiger partial charge in [0.05, 0.1) is 11.1 Å². The summed E-state index contributed by atoms with van der Waals surface area (Å²) in [6, 6.07) is 7.65. The fraction of sp³-hybridized carbons (Fsp3) is 0.375. The van der Waals surface area contributed by atoms with E-state index in [1.807, 2.05) is 31.2 Å². The topological polar surface area (TPSA) is 68.0 Å². The lowest BCUT2D eigenvalue weighted by Gasteiger charge is -2.14. The average molecular weight is 269 g/mol. The van der Waals surface area contributed by atoms with Gasteiger partial charge in [-0.25, -0.2) is 0 Å². The highest BCUT2D eigenvalue weighted by Gasteiger charge is 2.19. The van der Waals surface area contributed by atoms with Crippen molar-refractivity contribution in [1.82, 2.24) is 10.3 Å². The first-order chi connectivity index (χ1) is 9.63. The second-order valence-corrected chi connectivity index (χ2v) is 5.54. The molecule has 20 heavy (non-hydrogen) atoms. The summed E-state index contributed by atoms with van der Waals surface area (Å²) in [5.41, 5.74) is 8.82. The lowest BCUT2D eigenvalue weighted by molar-refractivity contribution is 0.0939. The number of aryl methyl sites for hydroxylation is 1. The van der Waals surface area contributed by atoms with Crippen LogP contribution in [-0.4, -0.2) is 16.9 Å². The second kappa shape index (κ2) is 5.12. The number of carbonyl (C=O) groups excluding carboxylic acids is 1. The molecule has 0 radical (unpaired) electrons. The molecule has 0 bridgehead atoms. The van der Waals surface area contributed by atoms with Gasteiger partial charge in [0.2, 0.25) is 0 Å². The van der Waals surface area contributed by atoms with Crippen molar-refractivity contribution >= 4 is 22.5 Å². The summed E-state index contributed by atoms with van der Waals surface area (Å²) in [7, 11) is 0. The molecule has 1 heterocycles. The van der Waals surface area contributed by atoms with Crippen LogP contribution < -0.4 is 11.1 Å². The van der Waals surface area contributed by atoms with Gasteiger partial charge in [0.1, 0.15) is 0 Å². The summed E-state index contributed by atoms with van der Waals surface area (Å²) < 4.78 is 0. The van der Waals surface area contributed by atoms with Crippen molar-refractivity contribution in [3.63, 3.8) is 0 Å². The number of aromatic nitrogens is 1. The van der Waals surface area contributed by atoms with E-state index in [4.69, 9.17) is 5.73 Å². The molecule has 1 aromatic heterocycles. The van der Waals surface area contributed by atoms with Crippen molar-refractivity contribution in [1.29, 1.82) is 0 Å². The average Bonchev–Trinajstić information content (AvgIpc) is 2.91. The zero-order valence-corrected chi connectivity index (χ0v) is 11.6. The summed E-state index contributed by atoms with van der Waals surface area (Å²) in [6.07, 6.45) is 4.56. The molecule has 1 aliphatic rings. The lowest BCUT2D eigenvalue weighted by atomic mass is 10.1. The highest BCUT2D eigenvalue weighted by atomic mass is 16.1. The van der Waals surface area contributed by atoms with E-state index in [1.54, 1.807) is 0 Å². The van der Waals surface area contributed by atoms with Gasteiger partial charge in [-0.05, 0) is 44.0 Å². The smallest absolute Gasteiger partial charge is 0.252 e. The number of hydrogen-bond donors (Lipinski definition) is 2. The van der Waals surface area contributed by atoms with Crippen LogP contribution in [0, 0.1) is 6.92 Å². The van der Waals surface area contributed by atoms with E-state index in [0.29, 0.717) is 17.3 Å². The number of benzene rings is 1. The van der Waals surface area contributed by atoms with E-state index in [-0.39, 0.29) is 5.91 Å². The number of carbonyl (C=O) groups is 1. The number of rotatable bonds is 2. The minimum atomic E-state index is -0.0157. The van der Waals surface area contributed by atoms with Crippen molar-refractivity contribution in [2.24, 2.45) is 0 Å². The van der Waals surface area contributed by atoms with E-state index in [9.17, 15) is 4.79 Å². The van der Waals surface area contributed by atoms with E-state index >= 15 is 0 Å². The third kappa shape index (κ3) is 2.46. The summed E-state index contributed by atoms with van der Waals surface area (Å²) in [5, 5.41) is 3.95. The first-order valence-electron chi connectivity index (χ1n) is 7.11.